The number of hydrogen-bond acceptors (Lipinski definition) is 5. The number of carboxylic acid groups (broad SMARTS) is 1. The smallest absolute Gasteiger partial charge is 0.309 e. The summed E-state index contributed by atoms with van der Waals surface area (Å²) in [5, 5.41) is 10.2. The Morgan fingerprint density at radius 3 is 2.33 bits per heavy atom. The largest absolute Gasteiger partial charge is 0.493 e. The average molecular weight is 626 g/mol. The number of rotatable bonds is 11. The van der Waals surface area contributed by atoms with E-state index < -0.39 is 11.4 Å². The van der Waals surface area contributed by atoms with E-state index in [-0.39, 0.29) is 29.6 Å². The van der Waals surface area contributed by atoms with Gasteiger partial charge in [-0.2, -0.15) is 0 Å². The summed E-state index contributed by atoms with van der Waals surface area (Å²) in [6.45, 7) is 5.65. The Bertz CT molecular complexity index is 1480. The molecular formula is C39H47NO6. The number of amides is 1. The molecule has 0 aliphatic carbocycles. The minimum atomic E-state index is -0.833. The predicted molar refractivity (Wildman–Crippen MR) is 177 cm³/mol. The Morgan fingerprint density at radius 2 is 1.63 bits per heavy atom. The van der Waals surface area contributed by atoms with E-state index in [4.69, 9.17) is 14.2 Å². The maximum Gasteiger partial charge on any atom is 0.309 e. The average Bonchev–Trinajstić information content (AvgIpc) is 3.06. The molecule has 3 aromatic rings. The highest BCUT2D eigenvalue weighted by Gasteiger charge is 2.47. The molecule has 244 valence electrons. The van der Waals surface area contributed by atoms with Crippen molar-refractivity contribution in [3.63, 3.8) is 0 Å². The van der Waals surface area contributed by atoms with Gasteiger partial charge in [0.1, 0.15) is 17.1 Å². The summed E-state index contributed by atoms with van der Waals surface area (Å²) < 4.78 is 19.5. The first-order valence-corrected chi connectivity index (χ1v) is 16.9. The zero-order valence-corrected chi connectivity index (χ0v) is 27.2. The first kappa shape index (κ1) is 32.1. The molecule has 7 heteroatoms. The van der Waals surface area contributed by atoms with Gasteiger partial charge in [0.15, 0.2) is 0 Å². The van der Waals surface area contributed by atoms with Gasteiger partial charge in [-0.1, -0.05) is 60.7 Å². The molecule has 3 aliphatic rings. The van der Waals surface area contributed by atoms with Crippen LogP contribution < -0.4 is 9.47 Å². The molecule has 0 saturated carbocycles. The normalized spacial score (nSPS) is 23.0. The molecule has 46 heavy (non-hydrogen) atoms. The van der Waals surface area contributed by atoms with Gasteiger partial charge in [-0.05, 0) is 88.5 Å². The molecule has 7 nitrogen and oxygen atoms in total. The number of hydrogen-bond donors (Lipinski definition) is 1. The van der Waals surface area contributed by atoms with Gasteiger partial charge in [-0.25, -0.2) is 0 Å². The highest BCUT2D eigenvalue weighted by atomic mass is 16.5. The molecule has 2 fully saturated rings. The van der Waals surface area contributed by atoms with E-state index in [1.165, 1.54) is 5.56 Å². The SMILES string of the molecule is CC1(C)Oc2cc(OCCCC3(C(=O)O)CCN(C(=O)Cc4ccccc4)CC3)ccc2[C@@H]2O[C@H](CCc3ccccc3)CC[C@H]21. The first-order valence-electron chi connectivity index (χ1n) is 16.9. The molecule has 3 atom stereocenters. The monoisotopic (exact) mass is 625 g/mol. The van der Waals surface area contributed by atoms with E-state index in [1.807, 2.05) is 47.4 Å². The lowest BCUT2D eigenvalue weighted by molar-refractivity contribution is -0.155. The quantitative estimate of drug-likeness (QED) is 0.223. The van der Waals surface area contributed by atoms with Gasteiger partial charge in [0.2, 0.25) is 5.91 Å². The van der Waals surface area contributed by atoms with Crippen LogP contribution in [0.3, 0.4) is 0 Å². The molecule has 0 spiro atoms. The summed E-state index contributed by atoms with van der Waals surface area (Å²) in [7, 11) is 0. The molecular weight excluding hydrogens is 578 g/mol. The Hall–Kier alpha value is -3.84. The number of nitrogens with zero attached hydrogens (tertiary/aromatic N) is 1. The van der Waals surface area contributed by atoms with Crippen LogP contribution in [0, 0.1) is 11.3 Å². The van der Waals surface area contributed by atoms with Crippen LogP contribution >= 0.6 is 0 Å². The summed E-state index contributed by atoms with van der Waals surface area (Å²) in [4.78, 5) is 27.0. The second-order valence-corrected chi connectivity index (χ2v) is 13.9. The van der Waals surface area contributed by atoms with Gasteiger partial charge in [0.05, 0.1) is 30.7 Å². The highest BCUT2D eigenvalue weighted by molar-refractivity contribution is 5.80. The molecule has 0 aromatic heterocycles. The topological polar surface area (TPSA) is 85.3 Å². The van der Waals surface area contributed by atoms with Crippen molar-refractivity contribution in [1.29, 1.82) is 0 Å². The van der Waals surface area contributed by atoms with E-state index in [2.05, 4.69) is 50.2 Å². The summed E-state index contributed by atoms with van der Waals surface area (Å²) in [5.41, 5.74) is 2.22. The minimum absolute atomic E-state index is 0.0109. The number of fused-ring (bicyclic) bond motifs is 3. The lowest BCUT2D eigenvalue weighted by Gasteiger charge is -2.48. The third kappa shape index (κ3) is 7.25. The Balaban J connectivity index is 1.02. The summed E-state index contributed by atoms with van der Waals surface area (Å²) in [6, 6.07) is 26.3. The summed E-state index contributed by atoms with van der Waals surface area (Å²) >= 11 is 0. The van der Waals surface area contributed by atoms with Crippen LogP contribution in [0.5, 0.6) is 11.5 Å². The van der Waals surface area contributed by atoms with Crippen molar-refractivity contribution in [3.8, 4) is 11.5 Å². The molecule has 3 aromatic carbocycles. The van der Waals surface area contributed by atoms with Gasteiger partial charge < -0.3 is 24.2 Å². The van der Waals surface area contributed by atoms with Crippen LogP contribution in [-0.2, 0) is 27.2 Å². The van der Waals surface area contributed by atoms with Crippen LogP contribution in [0.2, 0.25) is 0 Å². The fraction of sp³-hybridized carbons (Fsp3) is 0.487. The Morgan fingerprint density at radius 1 is 0.935 bits per heavy atom. The van der Waals surface area contributed by atoms with Crippen LogP contribution in [0.25, 0.3) is 0 Å². The molecule has 2 saturated heterocycles. The zero-order valence-electron chi connectivity index (χ0n) is 27.2. The van der Waals surface area contributed by atoms with Gasteiger partial charge in [0, 0.05) is 30.6 Å². The lowest BCUT2D eigenvalue weighted by Crippen LogP contribution is -2.48. The zero-order chi connectivity index (χ0) is 32.1. The number of carbonyl (C=O) groups is 2. The maximum atomic E-state index is 12.8. The number of aryl methyl sites for hydroxylation is 1. The third-order valence-corrected chi connectivity index (χ3v) is 10.5. The van der Waals surface area contributed by atoms with Crippen molar-refractivity contribution in [2.45, 2.75) is 89.4 Å². The molecule has 6 rings (SSSR count). The van der Waals surface area contributed by atoms with Crippen molar-refractivity contribution in [2.75, 3.05) is 19.7 Å². The minimum Gasteiger partial charge on any atom is -0.493 e. The second kappa shape index (κ2) is 13.9. The van der Waals surface area contributed by atoms with Gasteiger partial charge >= 0.3 is 5.97 Å². The van der Waals surface area contributed by atoms with Crippen molar-refractivity contribution in [2.24, 2.45) is 11.3 Å². The third-order valence-electron chi connectivity index (χ3n) is 10.5. The summed E-state index contributed by atoms with van der Waals surface area (Å²) in [5.74, 6) is 1.08. The lowest BCUT2D eigenvalue weighted by atomic mass is 9.74. The van der Waals surface area contributed by atoms with Crippen molar-refractivity contribution < 1.29 is 28.9 Å². The standard InChI is InChI=1S/C39H47NO6/c1-38(2)33-19-17-30(15-14-28-10-5-3-6-11-28)45-36(33)32-18-16-31(27-34(32)46-38)44-25-9-20-39(37(42)43)21-23-40(24-22-39)35(41)26-29-12-7-4-8-13-29/h3-8,10-13,16,18,27,30,33,36H,9,14-15,17,19-26H2,1-2H3,(H,42,43)/t30-,33-,36+/m1/s1. The molecule has 0 unspecified atom stereocenters. The second-order valence-electron chi connectivity index (χ2n) is 13.9. The molecule has 3 heterocycles. The predicted octanol–water partition coefficient (Wildman–Crippen LogP) is 7.42. The number of ether oxygens (including phenoxy) is 3. The van der Waals surface area contributed by atoms with E-state index in [0.717, 1.165) is 48.3 Å². The summed E-state index contributed by atoms with van der Waals surface area (Å²) in [6.07, 6.45) is 6.72. The Labute approximate surface area is 272 Å². The molecule has 1 amide bonds. The number of aliphatic carboxylic acids is 1. The van der Waals surface area contributed by atoms with Crippen LogP contribution in [0.4, 0.5) is 0 Å². The van der Waals surface area contributed by atoms with Crippen LogP contribution in [0.15, 0.2) is 78.9 Å². The highest BCUT2D eigenvalue weighted by Crippen LogP contribution is 2.51. The van der Waals surface area contributed by atoms with Crippen LogP contribution in [0.1, 0.15) is 81.6 Å². The maximum absolute atomic E-state index is 12.8. The number of benzene rings is 3. The number of likely N-dealkylation sites (tertiary alicyclic amines) is 1. The first-order chi connectivity index (χ1) is 22.2. The van der Waals surface area contributed by atoms with E-state index >= 15 is 0 Å². The van der Waals surface area contributed by atoms with Crippen LogP contribution in [-0.4, -0.2) is 53.3 Å². The number of piperidine rings is 1. The molecule has 0 radical (unpaired) electrons. The number of carbonyl (C=O) groups excluding carboxylic acids is 1. The fourth-order valence-corrected chi connectivity index (χ4v) is 7.60. The van der Waals surface area contributed by atoms with Crippen molar-refractivity contribution in [3.05, 3.63) is 95.6 Å². The van der Waals surface area contributed by atoms with Gasteiger partial charge in [-0.3, -0.25) is 9.59 Å². The Kier molecular flexibility index (Phi) is 9.69. The van der Waals surface area contributed by atoms with Gasteiger partial charge in [-0.15, -0.1) is 0 Å². The van der Waals surface area contributed by atoms with Gasteiger partial charge in [0.25, 0.3) is 0 Å². The molecule has 1 N–H and O–H groups in total. The van der Waals surface area contributed by atoms with E-state index in [1.54, 1.807) is 0 Å². The molecule has 0 bridgehead atoms. The van der Waals surface area contributed by atoms with E-state index in [0.29, 0.717) is 51.8 Å². The van der Waals surface area contributed by atoms with Crippen molar-refractivity contribution in [1.82, 2.24) is 4.90 Å². The number of carboxylic acids is 1. The van der Waals surface area contributed by atoms with Crippen molar-refractivity contribution >= 4 is 11.9 Å². The molecule has 3 aliphatic heterocycles. The fourth-order valence-electron chi connectivity index (χ4n) is 7.60. The van der Waals surface area contributed by atoms with E-state index in [9.17, 15) is 14.7 Å².